The van der Waals surface area contributed by atoms with Gasteiger partial charge >= 0.3 is 0 Å². The van der Waals surface area contributed by atoms with Crippen LogP contribution in [0.4, 0.5) is 0 Å². The van der Waals surface area contributed by atoms with Crippen molar-refractivity contribution in [3.63, 3.8) is 0 Å². The van der Waals surface area contributed by atoms with Crippen LogP contribution in [0, 0.1) is 0 Å². The minimum Gasteiger partial charge on any atom is -0.337 e. The zero-order chi connectivity index (χ0) is 18.5. The van der Waals surface area contributed by atoms with Gasteiger partial charge in [-0.25, -0.2) is 0 Å². The summed E-state index contributed by atoms with van der Waals surface area (Å²) >= 11 is 7.45. The fourth-order valence-electron chi connectivity index (χ4n) is 2.52. The van der Waals surface area contributed by atoms with E-state index in [4.69, 9.17) is 16.1 Å². The van der Waals surface area contributed by atoms with Gasteiger partial charge in [0, 0.05) is 22.0 Å². The van der Waals surface area contributed by atoms with Crippen LogP contribution in [0.2, 0.25) is 5.02 Å². The first-order chi connectivity index (χ1) is 12.6. The summed E-state index contributed by atoms with van der Waals surface area (Å²) in [6.45, 7) is 2.73. The molecular weight excluding hydrogens is 370 g/mol. The Morgan fingerprint density at radius 1 is 1.19 bits per heavy atom. The predicted octanol–water partition coefficient (Wildman–Crippen LogP) is 4.77. The van der Waals surface area contributed by atoms with Crippen molar-refractivity contribution >= 4 is 29.3 Å². The van der Waals surface area contributed by atoms with Gasteiger partial charge in [0.05, 0.1) is 5.56 Å². The standard InChI is InChI=1S/C19H18ClN3O2S/c1-3-23(19(24)15-6-4-5-7-16(15)26-2)12-17-21-18(22-25-17)13-8-10-14(20)11-9-13/h4-11H,3,12H2,1-2H3. The van der Waals surface area contributed by atoms with Crippen molar-refractivity contribution in [3.8, 4) is 11.4 Å². The second-order valence-electron chi connectivity index (χ2n) is 5.54. The zero-order valence-electron chi connectivity index (χ0n) is 14.5. The summed E-state index contributed by atoms with van der Waals surface area (Å²) in [7, 11) is 0. The molecule has 1 heterocycles. The Bertz CT molecular complexity index is 896. The number of aromatic nitrogens is 2. The molecule has 0 N–H and O–H groups in total. The van der Waals surface area contributed by atoms with E-state index in [-0.39, 0.29) is 12.5 Å². The van der Waals surface area contributed by atoms with Gasteiger partial charge in [-0.1, -0.05) is 28.9 Å². The van der Waals surface area contributed by atoms with Gasteiger partial charge in [0.2, 0.25) is 11.7 Å². The van der Waals surface area contributed by atoms with Crippen LogP contribution in [0.15, 0.2) is 57.9 Å². The highest BCUT2D eigenvalue weighted by atomic mass is 35.5. The molecule has 2 aromatic carbocycles. The number of carbonyl (C=O) groups excluding carboxylic acids is 1. The normalized spacial score (nSPS) is 10.7. The van der Waals surface area contributed by atoms with Gasteiger partial charge < -0.3 is 9.42 Å². The average molecular weight is 388 g/mol. The fraction of sp³-hybridized carbons (Fsp3) is 0.211. The number of amides is 1. The third kappa shape index (κ3) is 4.08. The quantitative estimate of drug-likeness (QED) is 0.570. The van der Waals surface area contributed by atoms with E-state index in [1.54, 1.807) is 28.8 Å². The molecule has 0 radical (unpaired) electrons. The highest BCUT2D eigenvalue weighted by Gasteiger charge is 2.20. The predicted molar refractivity (Wildman–Crippen MR) is 103 cm³/mol. The molecule has 134 valence electrons. The third-order valence-electron chi connectivity index (χ3n) is 3.90. The summed E-state index contributed by atoms with van der Waals surface area (Å²) in [4.78, 5) is 19.9. The first kappa shape index (κ1) is 18.5. The van der Waals surface area contributed by atoms with Gasteiger partial charge in [0.1, 0.15) is 6.54 Å². The second kappa shape index (κ2) is 8.38. The largest absolute Gasteiger partial charge is 0.337 e. The minimum absolute atomic E-state index is 0.0521. The Morgan fingerprint density at radius 2 is 1.92 bits per heavy atom. The molecule has 0 aliphatic carbocycles. The lowest BCUT2D eigenvalue weighted by atomic mass is 10.2. The van der Waals surface area contributed by atoms with E-state index in [9.17, 15) is 4.79 Å². The first-order valence-electron chi connectivity index (χ1n) is 8.13. The summed E-state index contributed by atoms with van der Waals surface area (Å²) in [5.41, 5.74) is 1.49. The lowest BCUT2D eigenvalue weighted by Gasteiger charge is -2.20. The molecule has 7 heteroatoms. The maximum atomic E-state index is 12.9. The first-order valence-corrected chi connectivity index (χ1v) is 9.73. The van der Waals surface area contributed by atoms with Gasteiger partial charge in [-0.05, 0) is 49.6 Å². The highest BCUT2D eigenvalue weighted by Crippen LogP contribution is 2.23. The van der Waals surface area contributed by atoms with Crippen LogP contribution in [0.1, 0.15) is 23.2 Å². The number of carbonyl (C=O) groups is 1. The Hall–Kier alpha value is -2.31. The van der Waals surface area contributed by atoms with Crippen molar-refractivity contribution in [2.75, 3.05) is 12.8 Å². The molecule has 0 unspecified atom stereocenters. The number of benzene rings is 2. The molecule has 3 rings (SSSR count). The van der Waals surface area contributed by atoms with E-state index >= 15 is 0 Å². The second-order valence-corrected chi connectivity index (χ2v) is 6.82. The molecule has 0 bridgehead atoms. The Balaban J connectivity index is 1.78. The number of halogens is 1. The lowest BCUT2D eigenvalue weighted by Crippen LogP contribution is -2.30. The van der Waals surface area contributed by atoms with Gasteiger partial charge in [-0.3, -0.25) is 4.79 Å². The van der Waals surface area contributed by atoms with E-state index in [0.29, 0.717) is 28.8 Å². The van der Waals surface area contributed by atoms with Crippen LogP contribution in [0.25, 0.3) is 11.4 Å². The average Bonchev–Trinajstić information content (AvgIpc) is 3.14. The molecule has 0 saturated heterocycles. The zero-order valence-corrected chi connectivity index (χ0v) is 16.0. The van der Waals surface area contributed by atoms with E-state index in [1.165, 1.54) is 0 Å². The van der Waals surface area contributed by atoms with Gasteiger partial charge in [0.25, 0.3) is 5.91 Å². The number of hydrogen-bond donors (Lipinski definition) is 0. The molecule has 0 atom stereocenters. The van der Waals surface area contributed by atoms with Crippen molar-refractivity contribution in [2.24, 2.45) is 0 Å². The Labute approximate surface area is 161 Å². The highest BCUT2D eigenvalue weighted by molar-refractivity contribution is 7.98. The molecule has 5 nitrogen and oxygen atoms in total. The summed E-state index contributed by atoms with van der Waals surface area (Å²) in [6, 6.07) is 14.8. The number of hydrogen-bond acceptors (Lipinski definition) is 5. The molecule has 0 fully saturated rings. The SMILES string of the molecule is CCN(Cc1nc(-c2ccc(Cl)cc2)no1)C(=O)c1ccccc1SC. The third-order valence-corrected chi connectivity index (χ3v) is 4.95. The smallest absolute Gasteiger partial charge is 0.255 e. The summed E-state index contributed by atoms with van der Waals surface area (Å²) in [6.07, 6.45) is 1.96. The van der Waals surface area contributed by atoms with E-state index in [2.05, 4.69) is 10.1 Å². The van der Waals surface area contributed by atoms with Crippen LogP contribution in [0.5, 0.6) is 0 Å². The van der Waals surface area contributed by atoms with Gasteiger partial charge in [-0.2, -0.15) is 4.98 Å². The van der Waals surface area contributed by atoms with Crippen LogP contribution in [-0.4, -0.2) is 33.7 Å². The van der Waals surface area contributed by atoms with Crippen molar-refractivity contribution < 1.29 is 9.32 Å². The summed E-state index contributed by atoms with van der Waals surface area (Å²) in [5.74, 6) is 0.820. The maximum Gasteiger partial charge on any atom is 0.255 e. The molecule has 0 aliphatic heterocycles. The van der Waals surface area contributed by atoms with E-state index in [1.807, 2.05) is 49.6 Å². The number of nitrogens with zero attached hydrogens (tertiary/aromatic N) is 3. The van der Waals surface area contributed by atoms with Gasteiger partial charge in [-0.15, -0.1) is 11.8 Å². The lowest BCUT2D eigenvalue weighted by molar-refractivity contribution is 0.0731. The molecule has 1 aromatic heterocycles. The number of rotatable bonds is 6. The molecule has 1 amide bonds. The van der Waals surface area contributed by atoms with E-state index in [0.717, 1.165) is 10.5 Å². The molecular formula is C19H18ClN3O2S. The van der Waals surface area contributed by atoms with E-state index < -0.39 is 0 Å². The van der Waals surface area contributed by atoms with Crippen LogP contribution in [-0.2, 0) is 6.54 Å². The molecule has 3 aromatic rings. The Kier molecular flexibility index (Phi) is 5.96. The van der Waals surface area contributed by atoms with Crippen LogP contribution in [0.3, 0.4) is 0 Å². The van der Waals surface area contributed by atoms with Crippen LogP contribution < -0.4 is 0 Å². The van der Waals surface area contributed by atoms with Crippen LogP contribution >= 0.6 is 23.4 Å². The summed E-state index contributed by atoms with van der Waals surface area (Å²) in [5, 5.41) is 4.64. The molecule has 0 spiro atoms. The summed E-state index contributed by atoms with van der Waals surface area (Å²) < 4.78 is 5.33. The van der Waals surface area contributed by atoms with Crippen molar-refractivity contribution in [2.45, 2.75) is 18.4 Å². The minimum atomic E-state index is -0.0521. The van der Waals surface area contributed by atoms with Crippen molar-refractivity contribution in [1.82, 2.24) is 15.0 Å². The fourth-order valence-corrected chi connectivity index (χ4v) is 3.23. The van der Waals surface area contributed by atoms with Gasteiger partial charge in [0.15, 0.2) is 0 Å². The topological polar surface area (TPSA) is 59.2 Å². The van der Waals surface area contributed by atoms with Crippen molar-refractivity contribution in [3.05, 3.63) is 65.0 Å². The number of thioether (sulfide) groups is 1. The maximum absolute atomic E-state index is 12.9. The van der Waals surface area contributed by atoms with Crippen molar-refractivity contribution in [1.29, 1.82) is 0 Å². The molecule has 0 saturated carbocycles. The Morgan fingerprint density at radius 3 is 2.62 bits per heavy atom. The molecule has 0 aliphatic rings. The monoisotopic (exact) mass is 387 g/mol. The molecule has 26 heavy (non-hydrogen) atoms.